The Labute approximate surface area is 228 Å². The number of amides is 1. The van der Waals surface area contributed by atoms with Crippen LogP contribution in [0.15, 0.2) is 58.1 Å². The first-order chi connectivity index (χ1) is 18.3. The number of rotatable bonds is 11. The Balaban J connectivity index is 1.42. The fourth-order valence-corrected chi connectivity index (χ4v) is 4.74. The summed E-state index contributed by atoms with van der Waals surface area (Å²) in [5.74, 6) is 2.20. The van der Waals surface area contributed by atoms with Gasteiger partial charge >= 0.3 is 0 Å². The standard InChI is InChI=1S/C29H34N4O4S/c1-6-19(5)21-9-11-22(12-10-21)36-14-15-37-24-13-8-20(17-25(24)35-7-2)16-23-26(30)33-29(31-27(23)34)38-28(32-33)18(3)4/h8-13,16-19,30H,6-7,14-15H2,1-5H3/b23-16-,30-26?/t19-/m0/s1. The lowest BCUT2D eigenvalue weighted by Crippen LogP contribution is -2.35. The van der Waals surface area contributed by atoms with Crippen LogP contribution in [0, 0.1) is 11.3 Å². The number of hydrogen-bond donors (Lipinski definition) is 1. The number of thioether (sulfide) groups is 1. The number of benzene rings is 2. The van der Waals surface area contributed by atoms with Gasteiger partial charge in [0, 0.05) is 5.92 Å². The minimum Gasteiger partial charge on any atom is -0.490 e. The lowest BCUT2D eigenvalue weighted by Gasteiger charge is -2.20. The first-order valence-corrected chi connectivity index (χ1v) is 13.7. The molecule has 0 unspecified atom stereocenters. The molecule has 8 nitrogen and oxygen atoms in total. The molecule has 200 valence electrons. The minimum absolute atomic E-state index is 0.00997. The van der Waals surface area contributed by atoms with E-state index in [4.69, 9.17) is 19.6 Å². The Kier molecular flexibility index (Phi) is 8.89. The molecule has 2 aromatic carbocycles. The first kappa shape index (κ1) is 27.4. The summed E-state index contributed by atoms with van der Waals surface area (Å²) in [6, 6.07) is 13.6. The van der Waals surface area contributed by atoms with Gasteiger partial charge in [0.2, 0.25) is 5.17 Å². The number of amidine groups is 2. The van der Waals surface area contributed by atoms with Gasteiger partial charge in [0.25, 0.3) is 5.91 Å². The van der Waals surface area contributed by atoms with E-state index in [1.807, 2.05) is 39.0 Å². The zero-order valence-corrected chi connectivity index (χ0v) is 23.3. The van der Waals surface area contributed by atoms with Crippen molar-refractivity contribution in [2.75, 3.05) is 19.8 Å². The van der Waals surface area contributed by atoms with Crippen LogP contribution in [-0.4, -0.2) is 46.8 Å². The van der Waals surface area contributed by atoms with Crippen LogP contribution in [0.4, 0.5) is 0 Å². The van der Waals surface area contributed by atoms with E-state index in [1.54, 1.807) is 18.2 Å². The molecule has 38 heavy (non-hydrogen) atoms. The van der Waals surface area contributed by atoms with E-state index in [0.29, 0.717) is 48.0 Å². The average Bonchev–Trinajstić information content (AvgIpc) is 3.34. The third kappa shape index (κ3) is 6.27. The van der Waals surface area contributed by atoms with Gasteiger partial charge in [-0.15, -0.1) is 0 Å². The van der Waals surface area contributed by atoms with Crippen LogP contribution < -0.4 is 14.2 Å². The Hall–Kier alpha value is -3.59. The molecule has 0 radical (unpaired) electrons. The summed E-state index contributed by atoms with van der Waals surface area (Å²) in [6.07, 6.45) is 2.74. The monoisotopic (exact) mass is 534 g/mol. The van der Waals surface area contributed by atoms with Crippen molar-refractivity contribution in [3.05, 3.63) is 59.2 Å². The number of nitrogens with one attached hydrogen (secondary N) is 1. The van der Waals surface area contributed by atoms with Crippen molar-refractivity contribution in [3.63, 3.8) is 0 Å². The molecule has 2 aromatic rings. The number of carbonyl (C=O) groups excluding carboxylic acids is 1. The van der Waals surface area contributed by atoms with E-state index in [2.05, 4.69) is 36.1 Å². The maximum Gasteiger partial charge on any atom is 0.283 e. The zero-order chi connectivity index (χ0) is 27.2. The molecule has 1 N–H and O–H groups in total. The predicted octanol–water partition coefficient (Wildman–Crippen LogP) is 6.33. The molecule has 0 saturated heterocycles. The van der Waals surface area contributed by atoms with Gasteiger partial charge in [-0.1, -0.05) is 45.9 Å². The van der Waals surface area contributed by atoms with Gasteiger partial charge in [0.15, 0.2) is 17.3 Å². The largest absolute Gasteiger partial charge is 0.490 e. The van der Waals surface area contributed by atoms with Gasteiger partial charge in [-0.05, 0) is 72.5 Å². The highest BCUT2D eigenvalue weighted by molar-refractivity contribution is 8.27. The van der Waals surface area contributed by atoms with Crippen molar-refractivity contribution >= 4 is 39.8 Å². The van der Waals surface area contributed by atoms with Gasteiger partial charge in [0.05, 0.1) is 12.2 Å². The Morgan fingerprint density at radius 2 is 1.74 bits per heavy atom. The molecule has 4 rings (SSSR count). The van der Waals surface area contributed by atoms with Crippen LogP contribution in [0.1, 0.15) is 58.1 Å². The quantitative estimate of drug-likeness (QED) is 0.267. The predicted molar refractivity (Wildman–Crippen MR) is 154 cm³/mol. The molecule has 0 saturated carbocycles. The van der Waals surface area contributed by atoms with Gasteiger partial charge in [0.1, 0.15) is 24.0 Å². The van der Waals surface area contributed by atoms with Crippen molar-refractivity contribution in [3.8, 4) is 17.2 Å². The maximum absolute atomic E-state index is 12.7. The number of aliphatic imine (C=N–C) groups is 1. The number of hydrogen-bond acceptors (Lipinski definition) is 7. The van der Waals surface area contributed by atoms with Crippen LogP contribution in [0.3, 0.4) is 0 Å². The van der Waals surface area contributed by atoms with Crippen molar-refractivity contribution in [1.29, 1.82) is 5.41 Å². The summed E-state index contributed by atoms with van der Waals surface area (Å²) in [4.78, 5) is 16.9. The van der Waals surface area contributed by atoms with Crippen LogP contribution >= 0.6 is 11.8 Å². The van der Waals surface area contributed by atoms with Gasteiger partial charge in [-0.25, -0.2) is 0 Å². The molecule has 0 fully saturated rings. The normalized spacial score (nSPS) is 16.9. The molecule has 0 bridgehead atoms. The molecule has 2 heterocycles. The number of fused-ring (bicyclic) bond motifs is 1. The van der Waals surface area contributed by atoms with E-state index in [-0.39, 0.29) is 17.3 Å². The van der Waals surface area contributed by atoms with Crippen LogP contribution in [0.2, 0.25) is 0 Å². The second-order valence-corrected chi connectivity index (χ2v) is 10.3. The Morgan fingerprint density at radius 3 is 2.42 bits per heavy atom. The molecular formula is C29H34N4O4S. The lowest BCUT2D eigenvalue weighted by molar-refractivity contribution is -0.114. The highest BCUT2D eigenvalue weighted by Crippen LogP contribution is 2.33. The topological polar surface area (TPSA) is 96.6 Å². The van der Waals surface area contributed by atoms with Crippen molar-refractivity contribution in [1.82, 2.24) is 5.01 Å². The lowest BCUT2D eigenvalue weighted by atomic mass is 9.99. The number of ether oxygens (including phenoxy) is 3. The van der Waals surface area contributed by atoms with Crippen LogP contribution in [0.25, 0.3) is 6.08 Å². The average molecular weight is 535 g/mol. The van der Waals surface area contributed by atoms with E-state index in [1.165, 1.54) is 22.3 Å². The molecule has 2 aliphatic heterocycles. The fourth-order valence-electron chi connectivity index (χ4n) is 3.85. The third-order valence-corrected chi connectivity index (χ3v) is 7.42. The second-order valence-electron chi connectivity index (χ2n) is 9.33. The van der Waals surface area contributed by atoms with Crippen LogP contribution in [0.5, 0.6) is 17.2 Å². The van der Waals surface area contributed by atoms with E-state index in [9.17, 15) is 4.79 Å². The maximum atomic E-state index is 12.7. The highest BCUT2D eigenvalue weighted by atomic mass is 32.2. The van der Waals surface area contributed by atoms with E-state index in [0.717, 1.165) is 17.2 Å². The number of nitrogens with zero attached hydrogens (tertiary/aromatic N) is 3. The first-order valence-electron chi connectivity index (χ1n) is 12.9. The van der Waals surface area contributed by atoms with Gasteiger partial charge in [-0.3, -0.25) is 10.2 Å². The molecule has 9 heteroatoms. The van der Waals surface area contributed by atoms with Crippen molar-refractivity contribution in [2.24, 2.45) is 16.0 Å². The molecule has 0 aromatic heterocycles. The molecule has 1 amide bonds. The van der Waals surface area contributed by atoms with Crippen LogP contribution in [-0.2, 0) is 4.79 Å². The molecule has 1 atom stereocenters. The van der Waals surface area contributed by atoms with Gasteiger partial charge < -0.3 is 14.2 Å². The van der Waals surface area contributed by atoms with Crippen molar-refractivity contribution in [2.45, 2.75) is 47.0 Å². The number of hydrazone groups is 1. The smallest absolute Gasteiger partial charge is 0.283 e. The second kappa shape index (κ2) is 12.3. The van der Waals surface area contributed by atoms with E-state index >= 15 is 0 Å². The Morgan fingerprint density at radius 1 is 1.00 bits per heavy atom. The summed E-state index contributed by atoms with van der Waals surface area (Å²) in [5.41, 5.74) is 2.18. The minimum atomic E-state index is -0.457. The molecule has 2 aliphatic rings. The summed E-state index contributed by atoms with van der Waals surface area (Å²) < 4.78 is 17.6. The Bertz CT molecular complexity index is 1280. The molecule has 0 aliphatic carbocycles. The summed E-state index contributed by atoms with van der Waals surface area (Å²) >= 11 is 1.33. The summed E-state index contributed by atoms with van der Waals surface area (Å²) in [5, 5.41) is 15.7. The zero-order valence-electron chi connectivity index (χ0n) is 22.5. The highest BCUT2D eigenvalue weighted by Gasteiger charge is 2.36. The summed E-state index contributed by atoms with van der Waals surface area (Å²) in [7, 11) is 0. The van der Waals surface area contributed by atoms with Crippen molar-refractivity contribution < 1.29 is 19.0 Å². The fraction of sp³-hybridized carbons (Fsp3) is 0.379. The number of carbonyl (C=O) groups is 1. The SMILES string of the molecule is CCOc1cc(/C=C2/C(=N)N3N=C(C(C)C)SC3=NC2=O)ccc1OCCOc1ccc([C@@H](C)CC)cc1. The molecule has 0 spiro atoms. The third-order valence-electron chi connectivity index (χ3n) is 6.21. The summed E-state index contributed by atoms with van der Waals surface area (Å²) in [6.45, 7) is 11.5. The molecular weight excluding hydrogens is 500 g/mol. The van der Waals surface area contributed by atoms with E-state index < -0.39 is 5.91 Å². The van der Waals surface area contributed by atoms with Gasteiger partial charge in [-0.2, -0.15) is 15.1 Å².